The van der Waals surface area contributed by atoms with Crippen LogP contribution < -0.4 is 16.0 Å². The monoisotopic (exact) mass is 259 g/mol. The van der Waals surface area contributed by atoms with Gasteiger partial charge >= 0.3 is 0 Å². The summed E-state index contributed by atoms with van der Waals surface area (Å²) in [4.78, 5) is 13.4. The zero-order valence-electron chi connectivity index (χ0n) is 11.4. The average molecular weight is 259 g/mol. The van der Waals surface area contributed by atoms with Crippen LogP contribution >= 0.6 is 0 Å². The van der Waals surface area contributed by atoms with Crippen LogP contribution in [0.2, 0.25) is 0 Å². The van der Waals surface area contributed by atoms with Crippen molar-refractivity contribution in [3.05, 3.63) is 23.8 Å². The molecule has 1 amide bonds. The highest BCUT2D eigenvalue weighted by Crippen LogP contribution is 2.31. The highest BCUT2D eigenvalue weighted by atomic mass is 16.2. The molecule has 0 radical (unpaired) electrons. The first-order valence-corrected chi connectivity index (χ1v) is 7.07. The fourth-order valence-electron chi connectivity index (χ4n) is 3.11. The van der Waals surface area contributed by atoms with Crippen molar-refractivity contribution in [2.24, 2.45) is 5.73 Å². The molecule has 4 nitrogen and oxygen atoms in total. The molecule has 0 aromatic heterocycles. The molecule has 3 N–H and O–H groups in total. The molecule has 19 heavy (non-hydrogen) atoms. The summed E-state index contributed by atoms with van der Waals surface area (Å²) in [6, 6.07) is 6.78. The maximum absolute atomic E-state index is 11.7. The summed E-state index contributed by atoms with van der Waals surface area (Å²) in [6.07, 6.45) is 5.24. The molecule has 1 saturated carbocycles. The van der Waals surface area contributed by atoms with Crippen molar-refractivity contribution in [3.63, 3.8) is 0 Å². The van der Waals surface area contributed by atoms with Crippen LogP contribution in [-0.2, 0) is 11.2 Å². The van der Waals surface area contributed by atoms with Crippen molar-refractivity contribution >= 4 is 17.3 Å². The number of nitrogens with two attached hydrogens (primary N) is 1. The van der Waals surface area contributed by atoms with Crippen molar-refractivity contribution < 1.29 is 4.79 Å². The summed E-state index contributed by atoms with van der Waals surface area (Å²) in [6.45, 7) is 0. The number of nitrogens with one attached hydrogen (secondary N) is 1. The van der Waals surface area contributed by atoms with Gasteiger partial charge in [-0.3, -0.25) is 4.79 Å². The number of benzene rings is 1. The third-order valence-corrected chi connectivity index (χ3v) is 4.33. The van der Waals surface area contributed by atoms with Crippen molar-refractivity contribution in [1.29, 1.82) is 0 Å². The van der Waals surface area contributed by atoms with Gasteiger partial charge < -0.3 is 16.0 Å². The molecule has 1 aromatic carbocycles. The van der Waals surface area contributed by atoms with E-state index in [1.54, 1.807) is 4.90 Å². The number of carbonyl (C=O) groups is 1. The molecule has 2 unspecified atom stereocenters. The molecule has 1 aliphatic heterocycles. The predicted molar refractivity (Wildman–Crippen MR) is 77.4 cm³/mol. The van der Waals surface area contributed by atoms with Gasteiger partial charge in [-0.15, -0.1) is 0 Å². The van der Waals surface area contributed by atoms with Crippen LogP contribution in [0.25, 0.3) is 0 Å². The lowest BCUT2D eigenvalue weighted by Gasteiger charge is -2.30. The maximum Gasteiger partial charge on any atom is 0.231 e. The number of anilines is 2. The van der Waals surface area contributed by atoms with E-state index in [0.29, 0.717) is 12.5 Å². The minimum absolute atomic E-state index is 0.168. The summed E-state index contributed by atoms with van der Waals surface area (Å²) in [5.74, 6) is 0.168. The minimum atomic E-state index is 0.168. The second-order valence-corrected chi connectivity index (χ2v) is 5.67. The van der Waals surface area contributed by atoms with Gasteiger partial charge in [-0.05, 0) is 36.6 Å². The van der Waals surface area contributed by atoms with Crippen molar-refractivity contribution in [2.75, 3.05) is 17.3 Å². The van der Waals surface area contributed by atoms with Crippen LogP contribution in [-0.4, -0.2) is 25.0 Å². The van der Waals surface area contributed by atoms with Crippen LogP contribution in [0.4, 0.5) is 11.4 Å². The SMILES string of the molecule is CN1C(=O)Cc2cc(NC3CCCCC3N)ccc21. The summed E-state index contributed by atoms with van der Waals surface area (Å²) in [5.41, 5.74) is 9.39. The molecule has 3 rings (SSSR count). The number of amides is 1. The fraction of sp³-hybridized carbons (Fsp3) is 0.533. The van der Waals surface area contributed by atoms with E-state index in [1.807, 2.05) is 13.1 Å². The van der Waals surface area contributed by atoms with Crippen LogP contribution in [0.3, 0.4) is 0 Å². The molecule has 1 heterocycles. The second kappa shape index (κ2) is 4.85. The second-order valence-electron chi connectivity index (χ2n) is 5.67. The number of likely N-dealkylation sites (N-methyl/N-ethyl adjacent to an activating group) is 1. The predicted octanol–water partition coefficient (Wildman–Crippen LogP) is 1.89. The van der Waals surface area contributed by atoms with E-state index in [0.717, 1.165) is 29.8 Å². The molecule has 1 aliphatic carbocycles. The Bertz CT molecular complexity index is 500. The summed E-state index contributed by atoms with van der Waals surface area (Å²) < 4.78 is 0. The fourth-order valence-corrected chi connectivity index (χ4v) is 3.11. The quantitative estimate of drug-likeness (QED) is 0.852. The molecule has 102 valence electrons. The molecule has 1 aromatic rings. The highest BCUT2D eigenvalue weighted by molar-refractivity contribution is 6.01. The number of hydrogen-bond donors (Lipinski definition) is 2. The summed E-state index contributed by atoms with van der Waals surface area (Å²) in [5, 5.41) is 3.54. The number of carbonyl (C=O) groups excluding carboxylic acids is 1. The third-order valence-electron chi connectivity index (χ3n) is 4.33. The van der Waals surface area contributed by atoms with Gasteiger partial charge in [0, 0.05) is 30.5 Å². The first-order valence-electron chi connectivity index (χ1n) is 7.07. The summed E-state index contributed by atoms with van der Waals surface area (Å²) >= 11 is 0. The van der Waals surface area contributed by atoms with E-state index >= 15 is 0 Å². The lowest BCUT2D eigenvalue weighted by atomic mass is 9.91. The van der Waals surface area contributed by atoms with Crippen molar-refractivity contribution in [3.8, 4) is 0 Å². The highest BCUT2D eigenvalue weighted by Gasteiger charge is 2.25. The van der Waals surface area contributed by atoms with Gasteiger partial charge in [0.1, 0.15) is 0 Å². The molecular formula is C15H21N3O. The molecular weight excluding hydrogens is 238 g/mol. The van der Waals surface area contributed by atoms with Crippen molar-refractivity contribution in [1.82, 2.24) is 0 Å². The van der Waals surface area contributed by atoms with E-state index in [4.69, 9.17) is 5.73 Å². The zero-order valence-corrected chi connectivity index (χ0v) is 11.4. The lowest BCUT2D eigenvalue weighted by Crippen LogP contribution is -2.42. The Hall–Kier alpha value is -1.55. The summed E-state index contributed by atoms with van der Waals surface area (Å²) in [7, 11) is 1.83. The number of rotatable bonds is 2. The maximum atomic E-state index is 11.7. The largest absolute Gasteiger partial charge is 0.381 e. The van der Waals surface area contributed by atoms with E-state index < -0.39 is 0 Å². The molecule has 4 heteroatoms. The Labute approximate surface area is 114 Å². The van der Waals surface area contributed by atoms with Gasteiger partial charge in [0.15, 0.2) is 0 Å². The third kappa shape index (κ3) is 2.32. The smallest absolute Gasteiger partial charge is 0.231 e. The molecule has 1 fully saturated rings. The minimum Gasteiger partial charge on any atom is -0.381 e. The topological polar surface area (TPSA) is 58.4 Å². The van der Waals surface area contributed by atoms with Crippen LogP contribution in [0.5, 0.6) is 0 Å². The van der Waals surface area contributed by atoms with E-state index in [2.05, 4.69) is 17.4 Å². The molecule has 2 aliphatic rings. The van der Waals surface area contributed by atoms with Crippen LogP contribution in [0, 0.1) is 0 Å². The van der Waals surface area contributed by atoms with Gasteiger partial charge in [0.05, 0.1) is 6.42 Å². The average Bonchev–Trinajstić information content (AvgIpc) is 2.68. The Morgan fingerprint density at radius 2 is 2.11 bits per heavy atom. The van der Waals surface area contributed by atoms with Gasteiger partial charge in [-0.1, -0.05) is 12.8 Å². The van der Waals surface area contributed by atoms with Crippen molar-refractivity contribution in [2.45, 2.75) is 44.2 Å². The first kappa shape index (κ1) is 12.5. The number of hydrogen-bond acceptors (Lipinski definition) is 3. The van der Waals surface area contributed by atoms with Gasteiger partial charge in [0.2, 0.25) is 5.91 Å². The van der Waals surface area contributed by atoms with E-state index in [1.165, 1.54) is 12.8 Å². The Morgan fingerprint density at radius 1 is 1.32 bits per heavy atom. The molecule has 0 saturated heterocycles. The van der Waals surface area contributed by atoms with Crippen LogP contribution in [0.15, 0.2) is 18.2 Å². The van der Waals surface area contributed by atoms with Gasteiger partial charge in [0.25, 0.3) is 0 Å². The molecule has 0 bridgehead atoms. The zero-order chi connectivity index (χ0) is 13.4. The Morgan fingerprint density at radius 3 is 2.89 bits per heavy atom. The first-order chi connectivity index (χ1) is 9.15. The normalized spacial score (nSPS) is 26.4. The van der Waals surface area contributed by atoms with Gasteiger partial charge in [-0.25, -0.2) is 0 Å². The Kier molecular flexibility index (Phi) is 3.19. The Balaban J connectivity index is 1.76. The number of nitrogens with zero attached hydrogens (tertiary/aromatic N) is 1. The van der Waals surface area contributed by atoms with Crippen LogP contribution in [0.1, 0.15) is 31.2 Å². The lowest BCUT2D eigenvalue weighted by molar-refractivity contribution is -0.117. The van der Waals surface area contributed by atoms with Gasteiger partial charge in [-0.2, -0.15) is 0 Å². The number of fused-ring (bicyclic) bond motifs is 1. The van der Waals surface area contributed by atoms with E-state index in [-0.39, 0.29) is 11.9 Å². The standard InChI is InChI=1S/C15H21N3O/c1-18-14-7-6-11(8-10(14)9-15(18)19)17-13-5-3-2-4-12(13)16/h6-8,12-13,17H,2-5,9,16H2,1H3. The molecule has 0 spiro atoms. The van der Waals surface area contributed by atoms with E-state index in [9.17, 15) is 4.79 Å². The molecule has 2 atom stereocenters.